The third-order valence-electron chi connectivity index (χ3n) is 9.29. The van der Waals surface area contributed by atoms with Crippen molar-refractivity contribution < 1.29 is 53.0 Å². The molecule has 1 unspecified atom stereocenters. The lowest BCUT2D eigenvalue weighted by Crippen LogP contribution is -2.51. The highest BCUT2D eigenvalue weighted by atomic mass is 28.3. The Morgan fingerprint density at radius 3 is 2.36 bits per heavy atom. The van der Waals surface area contributed by atoms with Crippen LogP contribution in [0.15, 0.2) is 29.1 Å². The smallest absolute Gasteiger partial charge is 0.430 e. The first-order chi connectivity index (χ1) is 21.7. The first-order valence-electron chi connectivity index (χ1n) is 15.1. The highest BCUT2D eigenvalue weighted by Crippen LogP contribution is 2.43. The largest absolute Gasteiger partial charge is 0.542 e. The first kappa shape index (κ1) is 35.6. The topological polar surface area (TPSA) is 175 Å². The van der Waals surface area contributed by atoms with E-state index in [1.807, 2.05) is 0 Å². The number of hydrogen-bond donors (Lipinski definition) is 2. The second-order valence-electron chi connectivity index (χ2n) is 13.2. The van der Waals surface area contributed by atoms with Crippen molar-refractivity contribution >= 4 is 42.1 Å². The number of fused-ring (bicyclic) bond motifs is 5. The number of hydrogen-bond acceptors (Lipinski definition) is 9. The normalized spacial score (nSPS) is 17.2. The summed E-state index contributed by atoms with van der Waals surface area (Å²) in [4.78, 5) is 53.8. The molecule has 0 amide bonds. The Balaban J connectivity index is 0.000000644. The van der Waals surface area contributed by atoms with Gasteiger partial charge in [-0.05, 0) is 46.5 Å². The zero-order valence-electron chi connectivity index (χ0n) is 27.1. The monoisotopic (exact) mass is 677 g/mol. The Labute approximate surface area is 269 Å². The van der Waals surface area contributed by atoms with Gasteiger partial charge in [0.05, 0.1) is 50.1 Å². The van der Waals surface area contributed by atoms with Crippen LogP contribution in [0.5, 0.6) is 5.75 Å². The Kier molecular flexibility index (Phi) is 9.40. The van der Waals surface area contributed by atoms with E-state index >= 15 is 0 Å². The van der Waals surface area contributed by atoms with Crippen molar-refractivity contribution in [3.05, 3.63) is 51.3 Å². The lowest BCUT2D eigenvalue weighted by molar-refractivity contribution is -0.368. The number of quaternary nitrogens is 1. The number of pyridine rings is 2. The predicted octanol–water partition coefficient (Wildman–Crippen LogP) is 2.37. The molecule has 0 saturated heterocycles. The van der Waals surface area contributed by atoms with Crippen LogP contribution in [-0.4, -0.2) is 53.4 Å². The molecule has 0 spiro atoms. The molecule has 3 aromatic rings. The summed E-state index contributed by atoms with van der Waals surface area (Å²) in [5.74, 6) is -4.04. The van der Waals surface area contributed by atoms with E-state index in [0.717, 1.165) is 21.7 Å². The van der Waals surface area contributed by atoms with Crippen LogP contribution in [-0.2, 0) is 42.6 Å². The van der Waals surface area contributed by atoms with Gasteiger partial charge in [0.2, 0.25) is 5.60 Å². The molecule has 15 heteroatoms. The molecular formula is C32H38F3N3O8Si. The van der Waals surface area contributed by atoms with Crippen molar-refractivity contribution in [2.45, 2.75) is 90.0 Å². The zero-order chi connectivity index (χ0) is 35.3. The molecule has 2 aliphatic heterocycles. The molecule has 4 N–H and O–H groups in total. The van der Waals surface area contributed by atoms with E-state index in [0.29, 0.717) is 42.0 Å². The van der Waals surface area contributed by atoms with Crippen LogP contribution in [0.1, 0.15) is 63.6 Å². The molecule has 1 atom stereocenters. The van der Waals surface area contributed by atoms with Crippen molar-refractivity contribution in [2.75, 3.05) is 6.54 Å². The number of cyclic esters (lactones) is 1. The van der Waals surface area contributed by atoms with Crippen LogP contribution in [0.25, 0.3) is 22.3 Å². The fourth-order valence-corrected chi connectivity index (χ4v) is 8.40. The van der Waals surface area contributed by atoms with Gasteiger partial charge in [0.15, 0.2) is 0 Å². The number of esters is 2. The van der Waals surface area contributed by atoms with Gasteiger partial charge in [0.25, 0.3) is 5.56 Å². The van der Waals surface area contributed by atoms with Gasteiger partial charge >= 0.3 is 18.1 Å². The standard InChI is InChI=1S/C30H37N3O6Si.C2HF3O2/c1-7-30(39-24(35)9-8-12-31)21-14-23-25-19(15-33(23)27(36)20(21)16-38-28(30)37)26(40(5,6)29(2,3)4)18-13-17(34)10-11-22(18)32-25;3-2(4,5)1(6)7/h10-11,13-14,34H,7-9,12,15-16,31H2,1-6H3;(H,6,7). The van der Waals surface area contributed by atoms with Crippen molar-refractivity contribution in [3.8, 4) is 17.1 Å². The van der Waals surface area contributed by atoms with Crippen LogP contribution < -0.4 is 21.6 Å². The van der Waals surface area contributed by atoms with Gasteiger partial charge in [0.1, 0.15) is 18.3 Å². The lowest BCUT2D eigenvalue weighted by atomic mass is 9.85. The molecule has 0 bridgehead atoms. The zero-order valence-corrected chi connectivity index (χ0v) is 28.1. The van der Waals surface area contributed by atoms with Crippen LogP contribution in [0, 0.1) is 0 Å². The average Bonchev–Trinajstić information content (AvgIpc) is 3.33. The Morgan fingerprint density at radius 1 is 1.17 bits per heavy atom. The highest BCUT2D eigenvalue weighted by Gasteiger charge is 2.51. The van der Waals surface area contributed by atoms with Crippen molar-refractivity contribution in [2.24, 2.45) is 0 Å². The first-order valence-corrected chi connectivity index (χ1v) is 18.1. The summed E-state index contributed by atoms with van der Waals surface area (Å²) in [6.07, 6.45) is -4.41. The summed E-state index contributed by atoms with van der Waals surface area (Å²) in [5, 5.41) is 21.2. The van der Waals surface area contributed by atoms with Gasteiger partial charge in [-0.25, -0.2) is 9.78 Å². The van der Waals surface area contributed by atoms with Crippen molar-refractivity contribution in [3.63, 3.8) is 0 Å². The summed E-state index contributed by atoms with van der Waals surface area (Å²) < 4.78 is 44.5. The van der Waals surface area contributed by atoms with E-state index in [1.54, 1.807) is 35.8 Å². The minimum absolute atomic E-state index is 0.0285. The van der Waals surface area contributed by atoms with E-state index in [2.05, 4.69) is 39.6 Å². The summed E-state index contributed by atoms with van der Waals surface area (Å²) in [5.41, 5.74) is 5.46. The minimum atomic E-state index is -5.19. The number of benzene rings is 1. The summed E-state index contributed by atoms with van der Waals surface area (Å²) in [6, 6.07) is 7.00. The Hall–Kier alpha value is -4.24. The third kappa shape index (κ3) is 6.25. The van der Waals surface area contributed by atoms with Crippen LogP contribution in [0.4, 0.5) is 13.2 Å². The van der Waals surface area contributed by atoms with Crippen molar-refractivity contribution in [1.29, 1.82) is 0 Å². The number of aromatic nitrogens is 2. The molecular weight excluding hydrogens is 639 g/mol. The predicted molar refractivity (Wildman–Crippen MR) is 165 cm³/mol. The fourth-order valence-electron chi connectivity index (χ4n) is 5.83. The maximum absolute atomic E-state index is 14.0. The van der Waals surface area contributed by atoms with Gasteiger partial charge in [-0.15, -0.1) is 0 Å². The maximum Gasteiger partial charge on any atom is 0.430 e. The molecule has 2 aromatic heterocycles. The number of aromatic hydroxyl groups is 1. The molecule has 5 rings (SSSR count). The van der Waals surface area contributed by atoms with E-state index in [1.165, 1.54) is 0 Å². The minimum Gasteiger partial charge on any atom is -0.542 e. The maximum atomic E-state index is 14.0. The van der Waals surface area contributed by atoms with E-state index in [4.69, 9.17) is 24.4 Å². The number of carbonyl (C=O) groups excluding carboxylic acids is 3. The van der Waals surface area contributed by atoms with E-state index in [-0.39, 0.29) is 35.8 Å². The number of ether oxygens (including phenoxy) is 2. The van der Waals surface area contributed by atoms with Gasteiger partial charge < -0.3 is 34.8 Å². The molecule has 2 aliphatic rings. The second-order valence-corrected chi connectivity index (χ2v) is 18.4. The van der Waals surface area contributed by atoms with Gasteiger partial charge in [-0.1, -0.05) is 40.8 Å². The molecule has 47 heavy (non-hydrogen) atoms. The number of nitrogens with zero attached hydrogens (tertiary/aromatic N) is 2. The van der Waals surface area contributed by atoms with Crippen LogP contribution >= 0.6 is 0 Å². The van der Waals surface area contributed by atoms with E-state index in [9.17, 15) is 32.7 Å². The molecule has 0 saturated carbocycles. The fraction of sp³-hybridized carbons (Fsp3) is 0.469. The van der Waals surface area contributed by atoms with Crippen molar-refractivity contribution in [1.82, 2.24) is 9.55 Å². The van der Waals surface area contributed by atoms with Crippen LogP contribution in [0.2, 0.25) is 18.1 Å². The second kappa shape index (κ2) is 12.4. The Morgan fingerprint density at radius 2 is 1.81 bits per heavy atom. The molecule has 1 aromatic carbocycles. The van der Waals surface area contributed by atoms with Gasteiger partial charge in [-0.2, -0.15) is 13.2 Å². The number of halogens is 3. The summed E-state index contributed by atoms with van der Waals surface area (Å²) >= 11 is 0. The molecule has 0 fully saturated rings. The number of carboxylic acid groups (broad SMARTS) is 1. The SMILES string of the molecule is CCC1(OC(=O)CCC[NH3+])C(=O)OCc2c1cc1n(c2=O)Cc2c-1nc1ccc(O)cc1c2[Si](C)(C)C(C)(C)C.O=C([O-])C(F)(F)F. The summed E-state index contributed by atoms with van der Waals surface area (Å²) in [6.45, 7) is 13.8. The Bertz CT molecular complexity index is 1830. The number of phenols is 1. The molecule has 0 aliphatic carbocycles. The van der Waals surface area contributed by atoms with Gasteiger partial charge in [-0.3, -0.25) is 9.59 Å². The molecule has 11 nitrogen and oxygen atoms in total. The lowest BCUT2D eigenvalue weighted by Gasteiger charge is -2.39. The number of aliphatic carboxylic acids is 1. The van der Waals surface area contributed by atoms with Gasteiger partial charge in [0, 0.05) is 17.4 Å². The van der Waals surface area contributed by atoms with Crippen LogP contribution in [0.3, 0.4) is 0 Å². The number of carboxylic acids is 1. The number of carbonyl (C=O) groups is 3. The van der Waals surface area contributed by atoms with E-state index < -0.39 is 37.8 Å². The number of alkyl halides is 3. The highest BCUT2D eigenvalue weighted by molar-refractivity contribution is 6.94. The number of phenolic OH excluding ortho intramolecular Hbond substituents is 1. The molecule has 0 radical (unpaired) electrons. The number of rotatable bonds is 6. The molecule has 254 valence electrons. The quantitative estimate of drug-likeness (QED) is 0.229. The third-order valence-corrected chi connectivity index (χ3v) is 14.9. The average molecular weight is 678 g/mol. The summed E-state index contributed by atoms with van der Waals surface area (Å²) in [7, 11) is -2.21. The molecule has 4 heterocycles.